The predicted octanol–water partition coefficient (Wildman–Crippen LogP) is 4.80. The standard InChI is InChI=1S/C19H15F3N4O/c1-12-4-2-6-14(8-12)25-17-11-23-16(10-24-17)18(27)26-15-7-3-5-13(9-15)19(20,21)22/h2-11H,1H3,(H,24,25)(H,26,27). The molecule has 1 aromatic heterocycles. The molecule has 0 unspecified atom stereocenters. The van der Waals surface area contributed by atoms with E-state index < -0.39 is 17.6 Å². The van der Waals surface area contributed by atoms with Crippen molar-refractivity contribution < 1.29 is 18.0 Å². The summed E-state index contributed by atoms with van der Waals surface area (Å²) in [6, 6.07) is 12.0. The van der Waals surface area contributed by atoms with Gasteiger partial charge in [-0.05, 0) is 42.8 Å². The Morgan fingerprint density at radius 1 is 0.963 bits per heavy atom. The topological polar surface area (TPSA) is 66.9 Å². The van der Waals surface area contributed by atoms with Crippen LogP contribution in [0.15, 0.2) is 60.9 Å². The first-order valence-corrected chi connectivity index (χ1v) is 7.95. The number of nitrogens with zero attached hydrogens (tertiary/aromatic N) is 2. The summed E-state index contributed by atoms with van der Waals surface area (Å²) in [4.78, 5) is 20.3. The number of aromatic nitrogens is 2. The molecule has 0 bridgehead atoms. The summed E-state index contributed by atoms with van der Waals surface area (Å²) in [6.07, 6.45) is -1.85. The molecule has 0 spiro atoms. The Balaban J connectivity index is 1.69. The van der Waals surface area contributed by atoms with Crippen molar-refractivity contribution in [2.75, 3.05) is 10.6 Å². The van der Waals surface area contributed by atoms with Crippen molar-refractivity contribution in [1.82, 2.24) is 9.97 Å². The van der Waals surface area contributed by atoms with Gasteiger partial charge in [0.1, 0.15) is 11.5 Å². The number of anilines is 3. The number of nitrogens with one attached hydrogen (secondary N) is 2. The van der Waals surface area contributed by atoms with E-state index in [1.54, 1.807) is 0 Å². The van der Waals surface area contributed by atoms with Crippen molar-refractivity contribution >= 4 is 23.1 Å². The fraction of sp³-hybridized carbons (Fsp3) is 0.105. The van der Waals surface area contributed by atoms with Crippen molar-refractivity contribution in [2.24, 2.45) is 0 Å². The first-order chi connectivity index (χ1) is 12.8. The van der Waals surface area contributed by atoms with Crippen molar-refractivity contribution in [2.45, 2.75) is 13.1 Å². The number of hydrogen-bond donors (Lipinski definition) is 2. The van der Waals surface area contributed by atoms with Gasteiger partial charge in [-0.3, -0.25) is 4.79 Å². The van der Waals surface area contributed by atoms with E-state index in [4.69, 9.17) is 0 Å². The van der Waals surface area contributed by atoms with Crippen LogP contribution < -0.4 is 10.6 Å². The van der Waals surface area contributed by atoms with Gasteiger partial charge in [-0.1, -0.05) is 18.2 Å². The van der Waals surface area contributed by atoms with Crippen LogP contribution >= 0.6 is 0 Å². The van der Waals surface area contributed by atoms with Gasteiger partial charge in [-0.2, -0.15) is 13.2 Å². The second kappa shape index (κ2) is 7.45. The maximum Gasteiger partial charge on any atom is 0.416 e. The summed E-state index contributed by atoms with van der Waals surface area (Å²) in [7, 11) is 0. The Kier molecular flexibility index (Phi) is 5.07. The second-order valence-corrected chi connectivity index (χ2v) is 5.81. The van der Waals surface area contributed by atoms with Gasteiger partial charge in [-0.15, -0.1) is 0 Å². The van der Waals surface area contributed by atoms with Gasteiger partial charge in [0.25, 0.3) is 5.91 Å². The highest BCUT2D eigenvalue weighted by atomic mass is 19.4. The van der Waals surface area contributed by atoms with Crippen LogP contribution in [0.4, 0.5) is 30.4 Å². The highest BCUT2D eigenvalue weighted by Gasteiger charge is 2.30. The number of aryl methyl sites for hydroxylation is 1. The summed E-state index contributed by atoms with van der Waals surface area (Å²) < 4.78 is 38.2. The number of rotatable bonds is 4. The van der Waals surface area contributed by atoms with Crippen LogP contribution in [0.2, 0.25) is 0 Å². The van der Waals surface area contributed by atoms with E-state index >= 15 is 0 Å². The SMILES string of the molecule is Cc1cccc(Nc2cnc(C(=O)Nc3cccc(C(F)(F)F)c3)cn2)c1. The van der Waals surface area contributed by atoms with E-state index in [0.717, 1.165) is 23.4 Å². The molecule has 0 radical (unpaired) electrons. The fourth-order valence-corrected chi connectivity index (χ4v) is 2.35. The first kappa shape index (κ1) is 18.4. The minimum Gasteiger partial charge on any atom is -0.339 e. The van der Waals surface area contributed by atoms with E-state index in [2.05, 4.69) is 20.6 Å². The minimum absolute atomic E-state index is 0.0118. The number of carbonyl (C=O) groups excluding carboxylic acids is 1. The van der Waals surface area contributed by atoms with Crippen LogP contribution in [-0.4, -0.2) is 15.9 Å². The zero-order valence-electron chi connectivity index (χ0n) is 14.2. The molecule has 2 N–H and O–H groups in total. The van der Waals surface area contributed by atoms with Gasteiger partial charge < -0.3 is 10.6 Å². The lowest BCUT2D eigenvalue weighted by Crippen LogP contribution is -2.15. The average Bonchev–Trinajstić information content (AvgIpc) is 2.62. The molecule has 138 valence electrons. The predicted molar refractivity (Wildman–Crippen MR) is 95.9 cm³/mol. The van der Waals surface area contributed by atoms with Gasteiger partial charge in [0.15, 0.2) is 0 Å². The van der Waals surface area contributed by atoms with E-state index in [-0.39, 0.29) is 11.4 Å². The quantitative estimate of drug-likeness (QED) is 0.690. The molecule has 0 fully saturated rings. The van der Waals surface area contributed by atoms with Crippen LogP contribution in [0.5, 0.6) is 0 Å². The Morgan fingerprint density at radius 2 is 1.70 bits per heavy atom. The summed E-state index contributed by atoms with van der Waals surface area (Å²) >= 11 is 0. The van der Waals surface area contributed by atoms with Gasteiger partial charge in [0.05, 0.1) is 18.0 Å². The first-order valence-electron chi connectivity index (χ1n) is 7.95. The highest BCUT2D eigenvalue weighted by Crippen LogP contribution is 2.30. The van der Waals surface area contributed by atoms with Crippen LogP contribution in [0.3, 0.4) is 0 Å². The fourth-order valence-electron chi connectivity index (χ4n) is 2.35. The number of benzene rings is 2. The Morgan fingerprint density at radius 3 is 2.37 bits per heavy atom. The van der Waals surface area contributed by atoms with Crippen molar-refractivity contribution in [1.29, 1.82) is 0 Å². The van der Waals surface area contributed by atoms with E-state index in [1.165, 1.54) is 24.5 Å². The summed E-state index contributed by atoms with van der Waals surface area (Å²) in [5.41, 5.74) is 1.07. The van der Waals surface area contributed by atoms with E-state index in [9.17, 15) is 18.0 Å². The molecule has 1 amide bonds. The van der Waals surface area contributed by atoms with Crippen molar-refractivity contribution in [3.63, 3.8) is 0 Å². The molecule has 0 saturated carbocycles. The van der Waals surface area contributed by atoms with Crippen LogP contribution in [-0.2, 0) is 6.18 Å². The van der Waals surface area contributed by atoms with Gasteiger partial charge >= 0.3 is 6.18 Å². The smallest absolute Gasteiger partial charge is 0.339 e. The molecule has 1 heterocycles. The maximum absolute atomic E-state index is 12.7. The summed E-state index contributed by atoms with van der Waals surface area (Å²) in [6.45, 7) is 1.96. The average molecular weight is 372 g/mol. The lowest BCUT2D eigenvalue weighted by atomic mass is 10.2. The zero-order valence-corrected chi connectivity index (χ0v) is 14.2. The monoisotopic (exact) mass is 372 g/mol. The molecule has 0 aliphatic heterocycles. The summed E-state index contributed by atoms with van der Waals surface area (Å²) in [5, 5.41) is 5.44. The Bertz CT molecular complexity index is 956. The van der Waals surface area contributed by atoms with Gasteiger partial charge in [0.2, 0.25) is 0 Å². The maximum atomic E-state index is 12.7. The molecule has 2 aromatic carbocycles. The normalized spacial score (nSPS) is 11.1. The van der Waals surface area contributed by atoms with Crippen molar-refractivity contribution in [3.05, 3.63) is 77.7 Å². The minimum atomic E-state index is -4.48. The number of carbonyl (C=O) groups is 1. The van der Waals surface area contributed by atoms with E-state index in [1.807, 2.05) is 31.2 Å². The third-order valence-electron chi connectivity index (χ3n) is 3.62. The molecule has 0 atom stereocenters. The molecular formula is C19H15F3N4O. The third kappa shape index (κ3) is 4.81. The van der Waals surface area contributed by atoms with Crippen LogP contribution in [0.25, 0.3) is 0 Å². The summed E-state index contributed by atoms with van der Waals surface area (Å²) in [5.74, 6) is -0.208. The number of amides is 1. The molecular weight excluding hydrogens is 357 g/mol. The van der Waals surface area contributed by atoms with Crippen LogP contribution in [0.1, 0.15) is 21.6 Å². The van der Waals surface area contributed by atoms with Crippen LogP contribution in [0, 0.1) is 6.92 Å². The number of hydrogen-bond acceptors (Lipinski definition) is 4. The van der Waals surface area contributed by atoms with Gasteiger partial charge in [-0.25, -0.2) is 9.97 Å². The lowest BCUT2D eigenvalue weighted by molar-refractivity contribution is -0.137. The van der Waals surface area contributed by atoms with E-state index in [0.29, 0.717) is 5.82 Å². The molecule has 8 heteroatoms. The Labute approximate surface area is 153 Å². The molecule has 0 aliphatic rings. The molecule has 27 heavy (non-hydrogen) atoms. The molecule has 0 saturated heterocycles. The molecule has 5 nitrogen and oxygen atoms in total. The van der Waals surface area contributed by atoms with Gasteiger partial charge in [0, 0.05) is 11.4 Å². The Hall–Kier alpha value is -3.42. The highest BCUT2D eigenvalue weighted by molar-refractivity contribution is 6.02. The molecule has 3 aromatic rings. The number of halogens is 3. The third-order valence-corrected chi connectivity index (χ3v) is 3.62. The second-order valence-electron chi connectivity index (χ2n) is 5.81. The molecule has 3 rings (SSSR count). The molecule has 0 aliphatic carbocycles. The zero-order chi connectivity index (χ0) is 19.4. The number of alkyl halides is 3. The largest absolute Gasteiger partial charge is 0.416 e. The lowest BCUT2D eigenvalue weighted by Gasteiger charge is -2.10. The van der Waals surface area contributed by atoms with Crippen molar-refractivity contribution in [3.8, 4) is 0 Å².